The Morgan fingerprint density at radius 3 is 1.77 bits per heavy atom. The quantitative estimate of drug-likeness (QED) is 0.753. The number of anilines is 2. The minimum Gasteiger partial charge on any atom is -0.508 e. The lowest BCUT2D eigenvalue weighted by molar-refractivity contribution is -0.131. The Labute approximate surface area is 126 Å². The Morgan fingerprint density at radius 1 is 0.864 bits per heavy atom. The largest absolute Gasteiger partial charge is 0.508 e. The van der Waals surface area contributed by atoms with Crippen LogP contribution in [0.5, 0.6) is 11.5 Å². The fraction of sp³-hybridized carbons (Fsp3) is 0. The number of carbonyl (C=O) groups excluding carboxylic acids is 1. The fourth-order valence-corrected chi connectivity index (χ4v) is 1.88. The van der Waals surface area contributed by atoms with E-state index in [1.165, 1.54) is 29.2 Å². The molecule has 0 spiro atoms. The number of carboxylic acid groups (broad SMARTS) is 1. The van der Waals surface area contributed by atoms with Crippen LogP contribution in [0.2, 0.25) is 0 Å². The van der Waals surface area contributed by atoms with E-state index in [1.807, 2.05) is 0 Å². The van der Waals surface area contributed by atoms with Gasteiger partial charge in [0, 0.05) is 24.3 Å². The molecule has 2 rings (SSSR count). The van der Waals surface area contributed by atoms with E-state index in [0.29, 0.717) is 11.4 Å². The first-order chi connectivity index (χ1) is 10.5. The number of aromatic hydroxyl groups is 2. The van der Waals surface area contributed by atoms with E-state index in [9.17, 15) is 19.8 Å². The Morgan fingerprint density at radius 2 is 1.36 bits per heavy atom. The molecule has 3 N–H and O–H groups in total. The van der Waals surface area contributed by atoms with Crippen LogP contribution in [0.4, 0.5) is 11.4 Å². The first-order valence-corrected chi connectivity index (χ1v) is 6.30. The van der Waals surface area contributed by atoms with Gasteiger partial charge >= 0.3 is 5.97 Å². The van der Waals surface area contributed by atoms with Crippen molar-refractivity contribution in [1.82, 2.24) is 0 Å². The van der Waals surface area contributed by atoms with Crippen LogP contribution in [0.25, 0.3) is 0 Å². The van der Waals surface area contributed by atoms with Gasteiger partial charge < -0.3 is 15.3 Å². The Kier molecular flexibility index (Phi) is 4.43. The Bertz CT molecular complexity index is 693. The summed E-state index contributed by atoms with van der Waals surface area (Å²) in [6.07, 6.45) is 1.62. The molecular formula is C16H13NO5. The molecule has 0 atom stereocenters. The van der Waals surface area contributed by atoms with E-state index in [2.05, 4.69) is 0 Å². The highest BCUT2D eigenvalue weighted by molar-refractivity contribution is 6.09. The zero-order valence-corrected chi connectivity index (χ0v) is 11.4. The third kappa shape index (κ3) is 3.63. The minimum atomic E-state index is -1.25. The van der Waals surface area contributed by atoms with Crippen LogP contribution >= 0.6 is 0 Å². The molecule has 0 radical (unpaired) electrons. The smallest absolute Gasteiger partial charge is 0.328 e. The standard InChI is InChI=1S/C16H13NO5/c18-13-5-1-3-11(9-13)17(15(20)7-8-16(21)22)12-4-2-6-14(19)10-12/h1-10,18-19H,(H,21,22)/b8-7+. The normalized spacial score (nSPS) is 10.5. The maximum Gasteiger partial charge on any atom is 0.328 e. The summed E-state index contributed by atoms with van der Waals surface area (Å²) in [5.41, 5.74) is 0.677. The van der Waals surface area contributed by atoms with E-state index >= 15 is 0 Å². The summed E-state index contributed by atoms with van der Waals surface area (Å²) in [7, 11) is 0. The van der Waals surface area contributed by atoms with Gasteiger partial charge in [-0.3, -0.25) is 9.69 Å². The van der Waals surface area contributed by atoms with Gasteiger partial charge in [0.25, 0.3) is 5.91 Å². The Hall–Kier alpha value is -3.28. The molecule has 0 unspecified atom stereocenters. The van der Waals surface area contributed by atoms with Crippen molar-refractivity contribution in [3.63, 3.8) is 0 Å². The Balaban J connectivity index is 2.49. The second-order valence-electron chi connectivity index (χ2n) is 4.38. The summed E-state index contributed by atoms with van der Waals surface area (Å²) in [6.45, 7) is 0. The zero-order chi connectivity index (χ0) is 16.1. The van der Waals surface area contributed by atoms with Gasteiger partial charge in [-0.2, -0.15) is 0 Å². The summed E-state index contributed by atoms with van der Waals surface area (Å²) in [5, 5.41) is 27.8. The molecule has 0 fully saturated rings. The lowest BCUT2D eigenvalue weighted by Crippen LogP contribution is -2.24. The van der Waals surface area contributed by atoms with Crippen molar-refractivity contribution >= 4 is 23.3 Å². The summed E-state index contributed by atoms with van der Waals surface area (Å²) in [4.78, 5) is 24.0. The van der Waals surface area contributed by atoms with E-state index < -0.39 is 11.9 Å². The number of phenols is 2. The lowest BCUT2D eigenvalue weighted by Gasteiger charge is -2.21. The van der Waals surface area contributed by atoms with Crippen molar-refractivity contribution in [1.29, 1.82) is 0 Å². The molecule has 0 heterocycles. The maximum absolute atomic E-state index is 12.3. The second kappa shape index (κ2) is 6.45. The molecule has 112 valence electrons. The number of hydrogen-bond acceptors (Lipinski definition) is 4. The SMILES string of the molecule is O=C(O)/C=C/C(=O)N(c1cccc(O)c1)c1cccc(O)c1. The molecule has 6 heteroatoms. The average Bonchev–Trinajstić information content (AvgIpc) is 2.45. The first-order valence-electron chi connectivity index (χ1n) is 6.30. The van der Waals surface area contributed by atoms with E-state index in [4.69, 9.17) is 5.11 Å². The van der Waals surface area contributed by atoms with Gasteiger partial charge in [0.1, 0.15) is 11.5 Å². The van der Waals surface area contributed by atoms with Crippen molar-refractivity contribution in [2.24, 2.45) is 0 Å². The van der Waals surface area contributed by atoms with Crippen molar-refractivity contribution < 1.29 is 24.9 Å². The van der Waals surface area contributed by atoms with Gasteiger partial charge in [0.2, 0.25) is 0 Å². The molecule has 0 aliphatic rings. The van der Waals surface area contributed by atoms with Crippen LogP contribution in [0.1, 0.15) is 0 Å². The summed E-state index contributed by atoms with van der Waals surface area (Å²) >= 11 is 0. The molecule has 0 saturated heterocycles. The molecular weight excluding hydrogens is 286 g/mol. The van der Waals surface area contributed by atoms with Gasteiger partial charge in [-0.05, 0) is 24.3 Å². The van der Waals surface area contributed by atoms with Crippen LogP contribution in [-0.2, 0) is 9.59 Å². The molecule has 0 bridgehead atoms. The predicted molar refractivity (Wildman–Crippen MR) is 80.1 cm³/mol. The molecule has 2 aromatic carbocycles. The van der Waals surface area contributed by atoms with Gasteiger partial charge in [-0.15, -0.1) is 0 Å². The number of benzene rings is 2. The molecule has 6 nitrogen and oxygen atoms in total. The summed E-state index contributed by atoms with van der Waals surface area (Å²) in [6, 6.07) is 11.9. The minimum absolute atomic E-state index is 0.0438. The highest BCUT2D eigenvalue weighted by Crippen LogP contribution is 2.30. The van der Waals surface area contributed by atoms with Crippen molar-refractivity contribution in [2.75, 3.05) is 4.90 Å². The molecule has 2 aromatic rings. The number of carboxylic acids is 1. The summed E-state index contributed by atoms with van der Waals surface area (Å²) < 4.78 is 0. The fourth-order valence-electron chi connectivity index (χ4n) is 1.88. The van der Waals surface area contributed by atoms with E-state index in [1.54, 1.807) is 24.3 Å². The first kappa shape index (κ1) is 15.1. The maximum atomic E-state index is 12.3. The molecule has 0 aliphatic heterocycles. The average molecular weight is 299 g/mol. The third-order valence-electron chi connectivity index (χ3n) is 2.76. The van der Waals surface area contributed by atoms with Gasteiger partial charge in [-0.1, -0.05) is 12.1 Å². The van der Waals surface area contributed by atoms with Crippen molar-refractivity contribution in [3.05, 3.63) is 60.7 Å². The molecule has 0 aliphatic carbocycles. The number of aliphatic carboxylic acids is 1. The van der Waals surface area contributed by atoms with Gasteiger partial charge in [0.05, 0.1) is 11.4 Å². The number of carbonyl (C=O) groups is 2. The highest BCUT2D eigenvalue weighted by atomic mass is 16.4. The van der Waals surface area contributed by atoms with Gasteiger partial charge in [0.15, 0.2) is 0 Å². The van der Waals surface area contributed by atoms with Crippen LogP contribution in [0.15, 0.2) is 60.7 Å². The monoisotopic (exact) mass is 299 g/mol. The number of nitrogens with zero attached hydrogens (tertiary/aromatic N) is 1. The summed E-state index contributed by atoms with van der Waals surface area (Å²) in [5.74, 6) is -1.96. The predicted octanol–water partition coefficient (Wildman–Crippen LogP) is 2.40. The lowest BCUT2D eigenvalue weighted by atomic mass is 10.2. The zero-order valence-electron chi connectivity index (χ0n) is 11.4. The third-order valence-corrected chi connectivity index (χ3v) is 2.76. The topological polar surface area (TPSA) is 98.1 Å². The highest BCUT2D eigenvalue weighted by Gasteiger charge is 2.17. The number of phenolic OH excluding ortho intramolecular Hbond substituents is 2. The van der Waals surface area contributed by atoms with Crippen LogP contribution in [0, 0.1) is 0 Å². The van der Waals surface area contributed by atoms with Crippen LogP contribution < -0.4 is 4.90 Å². The number of hydrogen-bond donors (Lipinski definition) is 3. The van der Waals surface area contributed by atoms with Crippen molar-refractivity contribution in [3.8, 4) is 11.5 Å². The second-order valence-corrected chi connectivity index (χ2v) is 4.38. The van der Waals surface area contributed by atoms with Crippen LogP contribution in [0.3, 0.4) is 0 Å². The number of amides is 1. The molecule has 1 amide bonds. The number of rotatable bonds is 4. The molecule has 0 aromatic heterocycles. The van der Waals surface area contributed by atoms with E-state index in [-0.39, 0.29) is 11.5 Å². The molecule has 22 heavy (non-hydrogen) atoms. The van der Waals surface area contributed by atoms with Crippen molar-refractivity contribution in [2.45, 2.75) is 0 Å². The van der Waals surface area contributed by atoms with E-state index in [0.717, 1.165) is 12.2 Å². The van der Waals surface area contributed by atoms with Gasteiger partial charge in [-0.25, -0.2) is 4.79 Å². The molecule has 0 saturated carbocycles. The van der Waals surface area contributed by atoms with Crippen LogP contribution in [-0.4, -0.2) is 27.2 Å².